The number of nitrogens with one attached hydrogen (secondary N) is 1. The molecule has 0 saturated heterocycles. The van der Waals surface area contributed by atoms with E-state index < -0.39 is 12.0 Å². The van der Waals surface area contributed by atoms with E-state index in [1.807, 2.05) is 60.7 Å². The molecule has 0 saturated carbocycles. The molecular weight excluding hydrogens is 514 g/mol. The lowest BCUT2D eigenvalue weighted by Gasteiger charge is -2.17. The van der Waals surface area contributed by atoms with E-state index in [1.165, 1.54) is 25.5 Å². The van der Waals surface area contributed by atoms with Crippen LogP contribution in [0.3, 0.4) is 0 Å². The van der Waals surface area contributed by atoms with Crippen molar-refractivity contribution in [3.8, 4) is 11.5 Å². The molecule has 0 aromatic heterocycles. The molecule has 4 aromatic carbocycles. The minimum absolute atomic E-state index is 0.280. The van der Waals surface area contributed by atoms with E-state index in [2.05, 4.69) is 36.5 Å². The zero-order valence-corrected chi connectivity index (χ0v) is 23.7. The summed E-state index contributed by atoms with van der Waals surface area (Å²) in [5.41, 5.74) is 4.72. The number of ether oxygens (including phenoxy) is 3. The van der Waals surface area contributed by atoms with Crippen molar-refractivity contribution >= 4 is 11.9 Å². The van der Waals surface area contributed by atoms with Gasteiger partial charge >= 0.3 is 5.97 Å². The highest BCUT2D eigenvalue weighted by Crippen LogP contribution is 2.18. The van der Waals surface area contributed by atoms with Crippen LogP contribution in [0.1, 0.15) is 52.4 Å². The highest BCUT2D eigenvalue weighted by atomic mass is 16.5. The minimum Gasteiger partial charge on any atom is -0.489 e. The fourth-order valence-corrected chi connectivity index (χ4v) is 4.35. The maximum Gasteiger partial charge on any atom is 0.328 e. The van der Waals surface area contributed by atoms with Gasteiger partial charge in [-0.1, -0.05) is 86.1 Å². The van der Waals surface area contributed by atoms with Gasteiger partial charge in [-0.25, -0.2) is 4.79 Å². The Morgan fingerprint density at radius 1 is 0.707 bits per heavy atom. The molecule has 0 aliphatic carbocycles. The fourth-order valence-electron chi connectivity index (χ4n) is 4.35. The number of carbonyl (C=O) groups is 2. The Kier molecular flexibility index (Phi) is 11.0. The third-order valence-electron chi connectivity index (χ3n) is 6.75. The van der Waals surface area contributed by atoms with Crippen molar-refractivity contribution in [1.29, 1.82) is 0 Å². The summed E-state index contributed by atoms with van der Waals surface area (Å²) in [6, 6.07) is 31.9. The van der Waals surface area contributed by atoms with Crippen molar-refractivity contribution in [3.05, 3.63) is 131 Å². The van der Waals surface area contributed by atoms with Crippen LogP contribution in [0.15, 0.2) is 103 Å². The number of aryl methyl sites for hydroxylation is 1. The molecule has 41 heavy (non-hydrogen) atoms. The lowest BCUT2D eigenvalue weighted by Crippen LogP contribution is -2.43. The number of carbonyl (C=O) groups excluding carboxylic acids is 2. The van der Waals surface area contributed by atoms with Crippen LogP contribution in [0.2, 0.25) is 0 Å². The number of methoxy groups -OCH3 is 1. The van der Waals surface area contributed by atoms with E-state index in [0.717, 1.165) is 28.9 Å². The molecule has 212 valence electrons. The summed E-state index contributed by atoms with van der Waals surface area (Å²) in [6.45, 7) is 3.05. The van der Waals surface area contributed by atoms with Gasteiger partial charge in [0.2, 0.25) is 0 Å². The summed E-state index contributed by atoms with van der Waals surface area (Å²) in [5.74, 6) is 0.403. The molecule has 6 nitrogen and oxygen atoms in total. The summed E-state index contributed by atoms with van der Waals surface area (Å²) in [4.78, 5) is 25.6. The van der Waals surface area contributed by atoms with Gasteiger partial charge in [0, 0.05) is 12.0 Å². The van der Waals surface area contributed by atoms with Crippen LogP contribution in [0.25, 0.3) is 0 Å². The Morgan fingerprint density at radius 2 is 1.34 bits per heavy atom. The first kappa shape index (κ1) is 29.4. The van der Waals surface area contributed by atoms with Gasteiger partial charge in [0.1, 0.15) is 30.8 Å². The van der Waals surface area contributed by atoms with Gasteiger partial charge in [0.15, 0.2) is 0 Å². The Balaban J connectivity index is 1.33. The number of esters is 1. The topological polar surface area (TPSA) is 73.9 Å². The number of unbranched alkanes of at least 4 members (excludes halogenated alkanes) is 1. The van der Waals surface area contributed by atoms with Crippen molar-refractivity contribution in [2.24, 2.45) is 0 Å². The zero-order valence-electron chi connectivity index (χ0n) is 23.7. The molecule has 1 atom stereocenters. The standard InChI is InChI=1S/C35H37NO5/c1-3-4-9-26-14-16-29(17-15-26)25-41-32-13-8-12-30(23-32)34(37)36-33(35(38)39-2)22-27-18-20-31(21-19-27)40-24-28-10-6-5-7-11-28/h5-8,10-21,23,33H,3-4,9,22,24-25H2,1-2H3,(H,36,37)/t33-/m0/s1. The second-order valence-electron chi connectivity index (χ2n) is 9.91. The fraction of sp³-hybridized carbons (Fsp3) is 0.257. The average Bonchev–Trinajstić information content (AvgIpc) is 3.02. The van der Waals surface area contributed by atoms with Crippen molar-refractivity contribution in [1.82, 2.24) is 5.32 Å². The van der Waals surface area contributed by atoms with Crippen molar-refractivity contribution in [3.63, 3.8) is 0 Å². The van der Waals surface area contributed by atoms with Crippen LogP contribution in [0, 0.1) is 0 Å². The Bertz CT molecular complexity index is 1380. The van der Waals surface area contributed by atoms with Gasteiger partial charge < -0.3 is 19.5 Å². The van der Waals surface area contributed by atoms with E-state index in [0.29, 0.717) is 24.5 Å². The summed E-state index contributed by atoms with van der Waals surface area (Å²) < 4.78 is 16.8. The van der Waals surface area contributed by atoms with Gasteiger partial charge in [0.05, 0.1) is 7.11 Å². The first-order valence-corrected chi connectivity index (χ1v) is 14.0. The number of amides is 1. The molecule has 1 N–H and O–H groups in total. The Labute approximate surface area is 242 Å². The maximum atomic E-state index is 13.1. The summed E-state index contributed by atoms with van der Waals surface area (Å²) in [6.07, 6.45) is 3.71. The summed E-state index contributed by atoms with van der Waals surface area (Å²) >= 11 is 0. The van der Waals surface area contributed by atoms with Crippen LogP contribution in [-0.4, -0.2) is 25.0 Å². The minimum atomic E-state index is -0.848. The Hall–Kier alpha value is -4.58. The molecule has 1 amide bonds. The number of benzene rings is 4. The smallest absolute Gasteiger partial charge is 0.328 e. The molecule has 0 fully saturated rings. The number of rotatable bonds is 14. The van der Waals surface area contributed by atoms with E-state index in [-0.39, 0.29) is 12.3 Å². The summed E-state index contributed by atoms with van der Waals surface area (Å²) in [5, 5.41) is 2.82. The van der Waals surface area contributed by atoms with E-state index in [1.54, 1.807) is 18.2 Å². The van der Waals surface area contributed by atoms with Crippen molar-refractivity contribution < 1.29 is 23.8 Å². The van der Waals surface area contributed by atoms with Crippen LogP contribution >= 0.6 is 0 Å². The lowest BCUT2D eigenvalue weighted by atomic mass is 10.0. The molecule has 0 bridgehead atoms. The molecule has 0 aliphatic rings. The van der Waals surface area contributed by atoms with Crippen molar-refractivity contribution in [2.45, 2.75) is 51.9 Å². The van der Waals surface area contributed by atoms with Crippen LogP contribution in [0.5, 0.6) is 11.5 Å². The molecule has 0 heterocycles. The van der Waals surface area contributed by atoms with E-state index >= 15 is 0 Å². The quantitative estimate of drug-likeness (QED) is 0.177. The first-order valence-electron chi connectivity index (χ1n) is 14.0. The molecule has 4 rings (SSSR count). The number of hydrogen-bond donors (Lipinski definition) is 1. The molecular formula is C35H37NO5. The van der Waals surface area contributed by atoms with E-state index in [9.17, 15) is 9.59 Å². The van der Waals surface area contributed by atoms with Crippen LogP contribution < -0.4 is 14.8 Å². The molecule has 0 unspecified atom stereocenters. The molecule has 4 aromatic rings. The molecule has 0 spiro atoms. The molecule has 0 radical (unpaired) electrons. The van der Waals surface area contributed by atoms with E-state index in [4.69, 9.17) is 14.2 Å². The second kappa shape index (κ2) is 15.3. The second-order valence-corrected chi connectivity index (χ2v) is 9.91. The highest BCUT2D eigenvalue weighted by Gasteiger charge is 2.23. The predicted octanol–water partition coefficient (Wildman–Crippen LogP) is 6.70. The maximum absolute atomic E-state index is 13.1. The highest BCUT2D eigenvalue weighted by molar-refractivity contribution is 5.97. The summed E-state index contributed by atoms with van der Waals surface area (Å²) in [7, 11) is 1.31. The monoisotopic (exact) mass is 551 g/mol. The first-order chi connectivity index (χ1) is 20.0. The third-order valence-corrected chi connectivity index (χ3v) is 6.75. The zero-order chi connectivity index (χ0) is 28.9. The van der Waals surface area contributed by atoms with Gasteiger partial charge in [0.25, 0.3) is 5.91 Å². The molecule has 0 aliphatic heterocycles. The van der Waals surface area contributed by atoms with Crippen molar-refractivity contribution in [2.75, 3.05) is 7.11 Å². The van der Waals surface area contributed by atoms with Crippen LogP contribution in [-0.2, 0) is 35.6 Å². The third kappa shape index (κ3) is 9.24. The normalized spacial score (nSPS) is 11.4. The SMILES string of the molecule is CCCCc1ccc(COc2cccc(C(=O)N[C@@H](Cc3ccc(OCc4ccccc4)cc3)C(=O)OC)c2)cc1. The number of hydrogen-bond acceptors (Lipinski definition) is 5. The average molecular weight is 552 g/mol. The lowest BCUT2D eigenvalue weighted by molar-refractivity contribution is -0.142. The van der Waals surface area contributed by atoms with Gasteiger partial charge in [-0.3, -0.25) is 4.79 Å². The van der Waals surface area contributed by atoms with Gasteiger partial charge in [-0.2, -0.15) is 0 Å². The largest absolute Gasteiger partial charge is 0.489 e. The van der Waals surface area contributed by atoms with Crippen LogP contribution in [0.4, 0.5) is 0 Å². The van der Waals surface area contributed by atoms with Gasteiger partial charge in [-0.15, -0.1) is 0 Å². The predicted molar refractivity (Wildman–Crippen MR) is 160 cm³/mol. The molecule has 6 heteroatoms. The Morgan fingerprint density at radius 3 is 2.02 bits per heavy atom. The van der Waals surface area contributed by atoms with Gasteiger partial charge in [-0.05, 0) is 65.4 Å².